The van der Waals surface area contributed by atoms with Crippen molar-refractivity contribution in [1.29, 1.82) is 0 Å². The number of aryl methyl sites for hydroxylation is 2. The van der Waals surface area contributed by atoms with Gasteiger partial charge in [0.25, 0.3) is 0 Å². The molecule has 2 aromatic heterocycles. The number of rotatable bonds is 9. The number of benzene rings is 2. The van der Waals surface area contributed by atoms with Gasteiger partial charge in [-0.15, -0.1) is 0 Å². The summed E-state index contributed by atoms with van der Waals surface area (Å²) in [5.41, 5.74) is 2.93. The van der Waals surface area contributed by atoms with Crippen LogP contribution in [-0.4, -0.2) is 40.8 Å². The molecule has 0 radical (unpaired) electrons. The van der Waals surface area contributed by atoms with Crippen LogP contribution in [0.5, 0.6) is 17.2 Å². The third-order valence-corrected chi connectivity index (χ3v) is 5.88. The van der Waals surface area contributed by atoms with Crippen LogP contribution in [0.4, 0.5) is 0 Å². The van der Waals surface area contributed by atoms with Crippen molar-refractivity contribution in [3.63, 3.8) is 0 Å². The fourth-order valence-corrected chi connectivity index (χ4v) is 4.42. The first-order valence-corrected chi connectivity index (χ1v) is 10.7. The van der Waals surface area contributed by atoms with E-state index in [0.717, 1.165) is 40.6 Å². The fraction of sp³-hybridized carbons (Fsp3) is 0.261. The van der Waals surface area contributed by atoms with E-state index < -0.39 is 0 Å². The van der Waals surface area contributed by atoms with E-state index in [2.05, 4.69) is 38.8 Å². The van der Waals surface area contributed by atoms with Gasteiger partial charge in [-0.3, -0.25) is 0 Å². The number of ether oxygens (including phenoxy) is 3. The van der Waals surface area contributed by atoms with Crippen LogP contribution in [0.3, 0.4) is 0 Å². The molecule has 8 heteroatoms. The zero-order valence-electron chi connectivity index (χ0n) is 17.7. The summed E-state index contributed by atoms with van der Waals surface area (Å²) in [6.07, 6.45) is 5.27. The molecule has 0 aliphatic carbocycles. The Balaban J connectivity index is 1.64. The Bertz CT molecular complexity index is 1140. The van der Waals surface area contributed by atoms with Crippen LogP contribution in [0, 0.1) is 0 Å². The van der Waals surface area contributed by atoms with Gasteiger partial charge in [0.2, 0.25) is 5.75 Å². The Morgan fingerprint density at radius 3 is 2.39 bits per heavy atom. The molecule has 7 nitrogen and oxygen atoms in total. The summed E-state index contributed by atoms with van der Waals surface area (Å²) in [4.78, 5) is 14.3. The van der Waals surface area contributed by atoms with Gasteiger partial charge < -0.3 is 18.8 Å². The minimum Gasteiger partial charge on any atom is -0.493 e. The highest BCUT2D eigenvalue weighted by atomic mass is 32.2. The summed E-state index contributed by atoms with van der Waals surface area (Å²) in [6.45, 7) is 0.801. The molecule has 0 fully saturated rings. The molecule has 4 rings (SSSR count). The predicted molar refractivity (Wildman–Crippen MR) is 120 cm³/mol. The lowest BCUT2D eigenvalue weighted by Crippen LogP contribution is -2.03. The van der Waals surface area contributed by atoms with E-state index in [1.54, 1.807) is 33.9 Å². The highest BCUT2D eigenvalue weighted by Crippen LogP contribution is 2.42. The normalized spacial score (nSPS) is 10.9. The van der Waals surface area contributed by atoms with Crippen molar-refractivity contribution in [1.82, 2.24) is 19.5 Å². The lowest BCUT2D eigenvalue weighted by Gasteiger charge is -2.14. The van der Waals surface area contributed by atoms with Crippen LogP contribution < -0.4 is 14.2 Å². The Labute approximate surface area is 185 Å². The van der Waals surface area contributed by atoms with Crippen molar-refractivity contribution in [2.45, 2.75) is 29.4 Å². The highest BCUT2D eigenvalue weighted by Gasteiger charge is 2.17. The van der Waals surface area contributed by atoms with E-state index in [1.807, 2.05) is 18.2 Å². The van der Waals surface area contributed by atoms with E-state index in [0.29, 0.717) is 17.2 Å². The molecule has 0 bridgehead atoms. The third kappa shape index (κ3) is 4.59. The molecule has 0 saturated heterocycles. The lowest BCUT2D eigenvalue weighted by atomic mass is 10.1. The molecule has 0 unspecified atom stereocenters. The molecule has 0 saturated carbocycles. The number of methoxy groups -OCH3 is 3. The summed E-state index contributed by atoms with van der Waals surface area (Å²) in [5.74, 6) is 1.78. The van der Waals surface area contributed by atoms with E-state index in [-0.39, 0.29) is 0 Å². The van der Waals surface area contributed by atoms with Gasteiger partial charge in [0.15, 0.2) is 22.3 Å². The minimum atomic E-state index is 0.566. The number of imidazole rings is 1. The molecule has 0 aliphatic heterocycles. The second kappa shape index (κ2) is 9.70. The third-order valence-electron chi connectivity index (χ3n) is 4.91. The predicted octanol–water partition coefficient (Wildman–Crippen LogP) is 4.64. The molecule has 0 amide bonds. The molecular formula is C23H24N4O3S. The average Bonchev–Trinajstić information content (AvgIpc) is 3.16. The summed E-state index contributed by atoms with van der Waals surface area (Å²) in [7, 11) is 4.82. The standard InChI is InChI=1S/C23H24N4O3S/c1-28-19-12-17(13-20(29-2)21(19)30-3)31-23-26-18-14-24-15-25-22(18)27(23)11-7-10-16-8-5-4-6-9-16/h4-6,8-9,12-15H,7,10-11H2,1-3H3. The van der Waals surface area contributed by atoms with Crippen LogP contribution in [0.2, 0.25) is 0 Å². The fourth-order valence-electron chi connectivity index (χ4n) is 3.44. The monoisotopic (exact) mass is 436 g/mol. The average molecular weight is 437 g/mol. The van der Waals surface area contributed by atoms with Crippen LogP contribution in [0.15, 0.2) is 65.0 Å². The topological polar surface area (TPSA) is 71.3 Å². The Morgan fingerprint density at radius 2 is 1.71 bits per heavy atom. The Hall–Kier alpha value is -3.26. The molecule has 2 heterocycles. The largest absolute Gasteiger partial charge is 0.493 e. The molecule has 0 aliphatic rings. The molecule has 0 atom stereocenters. The van der Waals surface area contributed by atoms with Crippen molar-refractivity contribution in [3.05, 3.63) is 60.6 Å². The lowest BCUT2D eigenvalue weighted by molar-refractivity contribution is 0.323. The summed E-state index contributed by atoms with van der Waals surface area (Å²) in [5, 5.41) is 0.845. The van der Waals surface area contributed by atoms with E-state index in [4.69, 9.17) is 19.2 Å². The van der Waals surface area contributed by atoms with Gasteiger partial charge in [-0.05, 0) is 30.5 Å². The molecule has 31 heavy (non-hydrogen) atoms. The maximum atomic E-state index is 5.49. The molecule has 0 N–H and O–H groups in total. The second-order valence-electron chi connectivity index (χ2n) is 6.83. The van der Waals surface area contributed by atoms with Crippen molar-refractivity contribution in [2.75, 3.05) is 21.3 Å². The first-order valence-electron chi connectivity index (χ1n) is 9.91. The number of hydrogen-bond donors (Lipinski definition) is 0. The first-order chi connectivity index (χ1) is 15.2. The summed E-state index contributed by atoms with van der Waals surface area (Å²) in [6, 6.07) is 14.3. The smallest absolute Gasteiger partial charge is 0.203 e. The van der Waals surface area contributed by atoms with Gasteiger partial charge >= 0.3 is 0 Å². The first kappa shape index (κ1) is 21.0. The number of hydrogen-bond acceptors (Lipinski definition) is 7. The van der Waals surface area contributed by atoms with Gasteiger partial charge in [-0.25, -0.2) is 15.0 Å². The van der Waals surface area contributed by atoms with Crippen LogP contribution in [-0.2, 0) is 13.0 Å². The second-order valence-corrected chi connectivity index (χ2v) is 7.87. The molecule has 0 spiro atoms. The number of aromatic nitrogens is 4. The van der Waals surface area contributed by atoms with Gasteiger partial charge in [-0.1, -0.05) is 42.1 Å². The van der Waals surface area contributed by atoms with Crippen molar-refractivity contribution < 1.29 is 14.2 Å². The number of nitrogens with zero attached hydrogens (tertiary/aromatic N) is 4. The minimum absolute atomic E-state index is 0.566. The van der Waals surface area contributed by atoms with Crippen molar-refractivity contribution >= 4 is 22.9 Å². The van der Waals surface area contributed by atoms with E-state index >= 15 is 0 Å². The molecular weight excluding hydrogens is 412 g/mol. The number of fused-ring (bicyclic) bond motifs is 1. The molecule has 4 aromatic rings. The zero-order valence-corrected chi connectivity index (χ0v) is 18.6. The zero-order chi connectivity index (χ0) is 21.6. The summed E-state index contributed by atoms with van der Waals surface area (Å²) >= 11 is 1.53. The Kier molecular flexibility index (Phi) is 6.57. The molecule has 160 valence electrons. The summed E-state index contributed by atoms with van der Waals surface area (Å²) < 4.78 is 18.6. The van der Waals surface area contributed by atoms with Gasteiger partial charge in [-0.2, -0.15) is 0 Å². The van der Waals surface area contributed by atoms with E-state index in [9.17, 15) is 0 Å². The highest BCUT2D eigenvalue weighted by molar-refractivity contribution is 7.99. The quantitative estimate of drug-likeness (QED) is 0.379. The maximum absolute atomic E-state index is 5.49. The Morgan fingerprint density at radius 1 is 0.968 bits per heavy atom. The van der Waals surface area contributed by atoms with Gasteiger partial charge in [0.05, 0.1) is 27.5 Å². The van der Waals surface area contributed by atoms with Crippen molar-refractivity contribution in [2.24, 2.45) is 0 Å². The van der Waals surface area contributed by atoms with Crippen LogP contribution >= 0.6 is 11.8 Å². The maximum Gasteiger partial charge on any atom is 0.203 e. The van der Waals surface area contributed by atoms with Crippen LogP contribution in [0.1, 0.15) is 12.0 Å². The van der Waals surface area contributed by atoms with Crippen molar-refractivity contribution in [3.8, 4) is 17.2 Å². The SMILES string of the molecule is COc1cc(Sc2nc3cncnc3n2CCCc2ccccc2)cc(OC)c1OC. The molecule has 2 aromatic carbocycles. The van der Waals surface area contributed by atoms with E-state index in [1.165, 1.54) is 17.3 Å². The van der Waals surface area contributed by atoms with Gasteiger partial charge in [0.1, 0.15) is 11.8 Å². The van der Waals surface area contributed by atoms with Crippen LogP contribution in [0.25, 0.3) is 11.2 Å². The van der Waals surface area contributed by atoms with Gasteiger partial charge in [0, 0.05) is 11.4 Å².